The molecule has 0 fully saturated rings. The predicted octanol–water partition coefficient (Wildman–Crippen LogP) is 3.57. The number of anilines is 1. The minimum absolute atomic E-state index is 0.282. The van der Waals surface area contributed by atoms with Gasteiger partial charge in [-0.25, -0.2) is 9.78 Å². The SMILES string of the molecule is CCN(C(=O)COC(=O)c1ccsc1)c1nc2ccccc2s1. The molecule has 3 aromatic rings. The van der Waals surface area contributed by atoms with Crippen LogP contribution in [0.2, 0.25) is 0 Å². The Bertz CT molecular complexity index is 794. The fourth-order valence-corrected chi connectivity index (χ4v) is 3.73. The van der Waals surface area contributed by atoms with E-state index in [1.165, 1.54) is 27.6 Å². The molecule has 2 heterocycles. The van der Waals surface area contributed by atoms with Crippen LogP contribution in [0.15, 0.2) is 41.1 Å². The molecule has 2 aromatic heterocycles. The van der Waals surface area contributed by atoms with Gasteiger partial charge in [0.15, 0.2) is 11.7 Å². The highest BCUT2D eigenvalue weighted by Gasteiger charge is 2.20. The number of carbonyl (C=O) groups excluding carboxylic acids is 2. The van der Waals surface area contributed by atoms with Crippen LogP contribution in [-0.2, 0) is 9.53 Å². The first-order valence-electron chi connectivity index (χ1n) is 7.04. The Balaban J connectivity index is 1.70. The van der Waals surface area contributed by atoms with Crippen molar-refractivity contribution in [2.75, 3.05) is 18.1 Å². The number of hydrogen-bond donors (Lipinski definition) is 0. The van der Waals surface area contributed by atoms with E-state index in [1.807, 2.05) is 31.2 Å². The van der Waals surface area contributed by atoms with Gasteiger partial charge in [0.05, 0.1) is 15.8 Å². The fraction of sp³-hybridized carbons (Fsp3) is 0.188. The minimum Gasteiger partial charge on any atom is -0.452 e. The molecule has 0 radical (unpaired) electrons. The van der Waals surface area contributed by atoms with Gasteiger partial charge in [-0.05, 0) is 30.5 Å². The number of rotatable bonds is 5. The second-order valence-corrected chi connectivity index (χ2v) is 6.48. The summed E-state index contributed by atoms with van der Waals surface area (Å²) in [5.74, 6) is -0.768. The lowest BCUT2D eigenvalue weighted by molar-refractivity contribution is -0.121. The molecule has 0 unspecified atom stereocenters. The van der Waals surface area contributed by atoms with Crippen LogP contribution >= 0.6 is 22.7 Å². The lowest BCUT2D eigenvalue weighted by atomic mass is 10.3. The molecule has 118 valence electrons. The zero-order chi connectivity index (χ0) is 16.2. The second-order valence-electron chi connectivity index (χ2n) is 4.69. The van der Waals surface area contributed by atoms with Crippen LogP contribution in [0, 0.1) is 0 Å². The van der Waals surface area contributed by atoms with Crippen LogP contribution in [0.4, 0.5) is 5.13 Å². The highest BCUT2D eigenvalue weighted by molar-refractivity contribution is 7.22. The van der Waals surface area contributed by atoms with Crippen molar-refractivity contribution in [3.63, 3.8) is 0 Å². The third-order valence-corrected chi connectivity index (χ3v) is 4.96. The van der Waals surface area contributed by atoms with Crippen molar-refractivity contribution >= 4 is 49.9 Å². The van der Waals surface area contributed by atoms with Crippen LogP contribution in [0.5, 0.6) is 0 Å². The van der Waals surface area contributed by atoms with Crippen LogP contribution in [0.25, 0.3) is 10.2 Å². The molecule has 5 nitrogen and oxygen atoms in total. The van der Waals surface area contributed by atoms with Gasteiger partial charge in [-0.3, -0.25) is 9.69 Å². The normalized spacial score (nSPS) is 10.7. The van der Waals surface area contributed by atoms with Gasteiger partial charge < -0.3 is 4.74 Å². The van der Waals surface area contributed by atoms with Crippen molar-refractivity contribution in [3.05, 3.63) is 46.7 Å². The number of aromatic nitrogens is 1. The molecule has 0 aliphatic carbocycles. The zero-order valence-electron chi connectivity index (χ0n) is 12.4. The first kappa shape index (κ1) is 15.6. The second kappa shape index (κ2) is 6.89. The maximum atomic E-state index is 12.3. The number of esters is 1. The van der Waals surface area contributed by atoms with Gasteiger partial charge in [-0.1, -0.05) is 23.5 Å². The number of thiazole rings is 1. The standard InChI is InChI=1S/C16H14N2O3S2/c1-2-18(16-17-12-5-3-4-6-13(12)23-16)14(19)9-21-15(20)11-7-8-22-10-11/h3-8,10H,2,9H2,1H3. The summed E-state index contributed by atoms with van der Waals surface area (Å²) in [4.78, 5) is 30.1. The van der Waals surface area contributed by atoms with Crippen molar-refractivity contribution in [2.45, 2.75) is 6.92 Å². The molecule has 0 N–H and O–H groups in total. The first-order valence-corrected chi connectivity index (χ1v) is 8.80. The monoisotopic (exact) mass is 346 g/mol. The number of thiophene rings is 1. The van der Waals surface area contributed by atoms with Crippen molar-refractivity contribution < 1.29 is 14.3 Å². The number of ether oxygens (including phenoxy) is 1. The van der Waals surface area contributed by atoms with E-state index in [-0.39, 0.29) is 12.5 Å². The average Bonchev–Trinajstić information content (AvgIpc) is 3.22. The van der Waals surface area contributed by atoms with Gasteiger partial charge in [-0.15, -0.1) is 0 Å². The van der Waals surface area contributed by atoms with E-state index in [2.05, 4.69) is 4.98 Å². The summed E-state index contributed by atoms with van der Waals surface area (Å²) in [6.07, 6.45) is 0. The number of carbonyl (C=O) groups is 2. The number of amides is 1. The van der Waals surface area contributed by atoms with E-state index in [4.69, 9.17) is 4.74 Å². The Kier molecular flexibility index (Phi) is 4.68. The third-order valence-electron chi connectivity index (χ3n) is 3.21. The van der Waals surface area contributed by atoms with E-state index < -0.39 is 5.97 Å². The lowest BCUT2D eigenvalue weighted by Gasteiger charge is -2.17. The number of hydrogen-bond acceptors (Lipinski definition) is 6. The maximum Gasteiger partial charge on any atom is 0.339 e. The molecule has 0 spiro atoms. The Morgan fingerprint density at radius 3 is 2.78 bits per heavy atom. The third kappa shape index (κ3) is 3.40. The molecule has 0 saturated heterocycles. The molecule has 23 heavy (non-hydrogen) atoms. The summed E-state index contributed by atoms with van der Waals surface area (Å²) in [6, 6.07) is 9.38. The smallest absolute Gasteiger partial charge is 0.339 e. The van der Waals surface area contributed by atoms with Gasteiger partial charge in [0.1, 0.15) is 0 Å². The van der Waals surface area contributed by atoms with Crippen LogP contribution < -0.4 is 4.90 Å². The maximum absolute atomic E-state index is 12.3. The Hall–Kier alpha value is -2.25. The van der Waals surface area contributed by atoms with E-state index in [9.17, 15) is 9.59 Å². The van der Waals surface area contributed by atoms with Crippen molar-refractivity contribution in [1.29, 1.82) is 0 Å². The Labute approximate surface area is 141 Å². The molecule has 0 atom stereocenters. The largest absolute Gasteiger partial charge is 0.452 e. The summed E-state index contributed by atoms with van der Waals surface area (Å²) >= 11 is 2.85. The van der Waals surface area contributed by atoms with Crippen LogP contribution in [0.1, 0.15) is 17.3 Å². The van der Waals surface area contributed by atoms with Crippen LogP contribution in [-0.4, -0.2) is 30.0 Å². The molecule has 3 rings (SSSR count). The molecule has 7 heteroatoms. The first-order chi connectivity index (χ1) is 11.2. The molecular weight excluding hydrogens is 332 g/mol. The van der Waals surface area contributed by atoms with Crippen molar-refractivity contribution in [2.24, 2.45) is 0 Å². The zero-order valence-corrected chi connectivity index (χ0v) is 14.0. The lowest BCUT2D eigenvalue weighted by Crippen LogP contribution is -2.34. The molecule has 0 bridgehead atoms. The van der Waals surface area contributed by atoms with Gasteiger partial charge in [0, 0.05) is 11.9 Å². The minimum atomic E-state index is -0.486. The quantitative estimate of drug-likeness (QED) is 0.663. The van der Waals surface area contributed by atoms with Gasteiger partial charge >= 0.3 is 5.97 Å². The highest BCUT2D eigenvalue weighted by atomic mass is 32.1. The Morgan fingerprint density at radius 1 is 1.26 bits per heavy atom. The Morgan fingerprint density at radius 2 is 2.09 bits per heavy atom. The molecule has 0 aliphatic rings. The number of fused-ring (bicyclic) bond motifs is 1. The molecule has 1 aromatic carbocycles. The van der Waals surface area contributed by atoms with E-state index in [0.717, 1.165) is 10.2 Å². The predicted molar refractivity (Wildman–Crippen MR) is 92.2 cm³/mol. The topological polar surface area (TPSA) is 59.5 Å². The number of para-hydroxylation sites is 1. The van der Waals surface area contributed by atoms with Crippen molar-refractivity contribution in [3.8, 4) is 0 Å². The highest BCUT2D eigenvalue weighted by Crippen LogP contribution is 2.28. The van der Waals surface area contributed by atoms with Crippen molar-refractivity contribution in [1.82, 2.24) is 4.98 Å². The van der Waals surface area contributed by atoms with Gasteiger partial charge in [0.25, 0.3) is 5.91 Å². The summed E-state index contributed by atoms with van der Waals surface area (Å²) in [6.45, 7) is 2.04. The van der Waals surface area contributed by atoms with Gasteiger partial charge in [-0.2, -0.15) is 11.3 Å². The average molecular weight is 346 g/mol. The number of nitrogens with zero attached hydrogens (tertiary/aromatic N) is 2. The molecular formula is C16H14N2O3S2. The van der Waals surface area contributed by atoms with Gasteiger partial charge in [0.2, 0.25) is 0 Å². The fourth-order valence-electron chi connectivity index (χ4n) is 2.06. The number of likely N-dealkylation sites (N-methyl/N-ethyl adjacent to an activating group) is 1. The summed E-state index contributed by atoms with van der Waals surface area (Å²) in [5, 5.41) is 4.10. The molecule has 1 amide bonds. The summed E-state index contributed by atoms with van der Waals surface area (Å²) in [5.41, 5.74) is 1.32. The molecule has 0 aliphatic heterocycles. The van der Waals surface area contributed by atoms with E-state index in [1.54, 1.807) is 16.8 Å². The summed E-state index contributed by atoms with van der Waals surface area (Å²) in [7, 11) is 0. The summed E-state index contributed by atoms with van der Waals surface area (Å²) < 4.78 is 6.10. The van der Waals surface area contributed by atoms with E-state index in [0.29, 0.717) is 17.2 Å². The van der Waals surface area contributed by atoms with E-state index >= 15 is 0 Å². The molecule has 0 saturated carbocycles. The van der Waals surface area contributed by atoms with Crippen LogP contribution in [0.3, 0.4) is 0 Å². The number of benzene rings is 1.